The van der Waals surface area contributed by atoms with Crippen LogP contribution < -0.4 is 14.3 Å². The highest BCUT2D eigenvalue weighted by Gasteiger charge is 2.31. The Labute approximate surface area is 199 Å². The van der Waals surface area contributed by atoms with Gasteiger partial charge in [0, 0.05) is 17.8 Å². The summed E-state index contributed by atoms with van der Waals surface area (Å²) in [7, 11) is -6.04. The number of sulfonamides is 2. The number of amides is 1. The minimum Gasteiger partial charge on any atom is -0.322 e. The number of hydrogen-bond donors (Lipinski definition) is 2. The van der Waals surface area contributed by atoms with E-state index in [-0.39, 0.29) is 9.79 Å². The number of benzene rings is 3. The molecule has 1 aliphatic heterocycles. The van der Waals surface area contributed by atoms with Gasteiger partial charge in [-0.1, -0.05) is 23.8 Å². The second kappa shape index (κ2) is 8.86. The van der Waals surface area contributed by atoms with Gasteiger partial charge in [-0.15, -0.1) is 0 Å². The molecule has 4 rings (SSSR count). The van der Waals surface area contributed by atoms with E-state index in [0.717, 1.165) is 11.1 Å². The standard InChI is InChI=1S/C24H25N3O5S2/c1-16-4-8-20(9-5-16)34(31,32)27-13-12-18-14-19(7-11-23(18)27)24(28)26-22-15-21(10-6-17(22)2)33(29,30)25-3/h4-11,14-15,25H,12-13H2,1-3H3,(H,26,28). The van der Waals surface area contributed by atoms with Crippen LogP contribution in [0, 0.1) is 13.8 Å². The number of rotatable bonds is 6. The zero-order valence-electron chi connectivity index (χ0n) is 19.0. The summed E-state index contributed by atoms with van der Waals surface area (Å²) in [5, 5.41) is 2.76. The number of anilines is 2. The summed E-state index contributed by atoms with van der Waals surface area (Å²) >= 11 is 0. The molecular formula is C24H25N3O5S2. The fourth-order valence-corrected chi connectivity index (χ4v) is 6.07. The van der Waals surface area contributed by atoms with E-state index in [1.165, 1.54) is 23.5 Å². The van der Waals surface area contributed by atoms with E-state index in [9.17, 15) is 21.6 Å². The first-order valence-electron chi connectivity index (χ1n) is 10.6. The molecule has 0 unspecified atom stereocenters. The Balaban J connectivity index is 1.59. The van der Waals surface area contributed by atoms with Crippen molar-refractivity contribution in [3.05, 3.63) is 82.9 Å². The molecule has 10 heteroatoms. The quantitative estimate of drug-likeness (QED) is 0.541. The maximum atomic E-state index is 13.1. The van der Waals surface area contributed by atoms with Gasteiger partial charge in [-0.3, -0.25) is 9.10 Å². The summed E-state index contributed by atoms with van der Waals surface area (Å²) in [4.78, 5) is 13.2. The number of fused-ring (bicyclic) bond motifs is 1. The third kappa shape index (κ3) is 4.44. The summed E-state index contributed by atoms with van der Waals surface area (Å²) in [6.45, 7) is 3.95. The molecule has 0 radical (unpaired) electrons. The van der Waals surface area contributed by atoms with Crippen LogP contribution in [0.3, 0.4) is 0 Å². The van der Waals surface area contributed by atoms with Gasteiger partial charge in [-0.2, -0.15) is 0 Å². The molecule has 1 aliphatic rings. The molecule has 0 bridgehead atoms. The van der Waals surface area contributed by atoms with E-state index in [4.69, 9.17) is 0 Å². The van der Waals surface area contributed by atoms with Crippen LogP contribution in [-0.2, 0) is 26.5 Å². The maximum absolute atomic E-state index is 13.1. The van der Waals surface area contributed by atoms with Crippen molar-refractivity contribution in [1.82, 2.24) is 4.72 Å². The van der Waals surface area contributed by atoms with Crippen molar-refractivity contribution in [2.24, 2.45) is 0 Å². The molecule has 8 nitrogen and oxygen atoms in total. The highest BCUT2D eigenvalue weighted by molar-refractivity contribution is 7.92. The lowest BCUT2D eigenvalue weighted by atomic mass is 10.1. The summed E-state index contributed by atoms with van der Waals surface area (Å²) in [6, 6.07) is 16.1. The minimum atomic E-state index is -3.71. The number of nitrogens with zero attached hydrogens (tertiary/aromatic N) is 1. The Morgan fingerprint density at radius 2 is 1.56 bits per heavy atom. The Kier molecular flexibility index (Phi) is 6.24. The lowest BCUT2D eigenvalue weighted by molar-refractivity contribution is 0.102. The molecule has 34 heavy (non-hydrogen) atoms. The Hall–Kier alpha value is -3.21. The van der Waals surface area contributed by atoms with E-state index in [1.54, 1.807) is 55.5 Å². The van der Waals surface area contributed by atoms with Crippen molar-refractivity contribution in [2.75, 3.05) is 23.2 Å². The van der Waals surface area contributed by atoms with Crippen LogP contribution in [0.15, 0.2) is 70.5 Å². The molecular weight excluding hydrogens is 474 g/mol. The first kappa shape index (κ1) is 23.9. The van der Waals surface area contributed by atoms with Crippen LogP contribution in [0.5, 0.6) is 0 Å². The highest BCUT2D eigenvalue weighted by atomic mass is 32.2. The smallest absolute Gasteiger partial charge is 0.264 e. The van der Waals surface area contributed by atoms with Gasteiger partial charge >= 0.3 is 0 Å². The van der Waals surface area contributed by atoms with Gasteiger partial charge in [-0.05, 0) is 80.9 Å². The molecule has 2 N–H and O–H groups in total. The largest absolute Gasteiger partial charge is 0.322 e. The number of nitrogens with one attached hydrogen (secondary N) is 2. The molecule has 0 fully saturated rings. The fraction of sp³-hybridized carbons (Fsp3) is 0.208. The lowest BCUT2D eigenvalue weighted by Crippen LogP contribution is -2.29. The van der Waals surface area contributed by atoms with Crippen molar-refractivity contribution in [3.8, 4) is 0 Å². The zero-order chi connectivity index (χ0) is 24.7. The van der Waals surface area contributed by atoms with Crippen LogP contribution in [0.4, 0.5) is 11.4 Å². The second-order valence-electron chi connectivity index (χ2n) is 8.12. The Morgan fingerprint density at radius 1 is 0.882 bits per heavy atom. The summed E-state index contributed by atoms with van der Waals surface area (Å²) < 4.78 is 54.1. The molecule has 0 saturated heterocycles. The molecule has 0 spiro atoms. The second-order valence-corrected chi connectivity index (χ2v) is 11.9. The van der Waals surface area contributed by atoms with E-state index < -0.39 is 26.0 Å². The third-order valence-corrected chi connectivity index (χ3v) is 9.08. The molecule has 0 aliphatic carbocycles. The first-order chi connectivity index (χ1) is 16.0. The highest BCUT2D eigenvalue weighted by Crippen LogP contribution is 2.34. The molecule has 3 aromatic carbocycles. The van der Waals surface area contributed by atoms with Crippen molar-refractivity contribution in [1.29, 1.82) is 0 Å². The van der Waals surface area contributed by atoms with Gasteiger partial charge in [0.1, 0.15) is 0 Å². The minimum absolute atomic E-state index is 0.0433. The van der Waals surface area contributed by atoms with Crippen LogP contribution in [-0.4, -0.2) is 36.3 Å². The van der Waals surface area contributed by atoms with Crippen molar-refractivity contribution in [2.45, 2.75) is 30.1 Å². The van der Waals surface area contributed by atoms with Gasteiger partial charge in [0.2, 0.25) is 10.0 Å². The predicted molar refractivity (Wildman–Crippen MR) is 131 cm³/mol. The molecule has 1 heterocycles. The Morgan fingerprint density at radius 3 is 2.24 bits per heavy atom. The first-order valence-corrected chi connectivity index (χ1v) is 13.5. The number of carbonyl (C=O) groups excluding carboxylic acids is 1. The predicted octanol–water partition coefficient (Wildman–Crippen LogP) is 3.22. The molecule has 3 aromatic rings. The normalized spacial score (nSPS) is 13.6. The molecule has 0 saturated carbocycles. The Bertz CT molecular complexity index is 1480. The van der Waals surface area contributed by atoms with Crippen molar-refractivity contribution < 1.29 is 21.6 Å². The molecule has 178 valence electrons. The fourth-order valence-electron chi connectivity index (χ4n) is 3.82. The molecule has 0 atom stereocenters. The zero-order valence-corrected chi connectivity index (χ0v) is 20.6. The van der Waals surface area contributed by atoms with Crippen molar-refractivity contribution in [3.63, 3.8) is 0 Å². The molecule has 1 amide bonds. The number of carbonyl (C=O) groups is 1. The summed E-state index contributed by atoms with van der Waals surface area (Å²) in [5.41, 5.74) is 3.72. The summed E-state index contributed by atoms with van der Waals surface area (Å²) in [5.74, 6) is -0.412. The van der Waals surface area contributed by atoms with Crippen molar-refractivity contribution >= 4 is 37.3 Å². The average Bonchev–Trinajstić information content (AvgIpc) is 3.25. The van der Waals surface area contributed by atoms with Crippen LogP contribution >= 0.6 is 0 Å². The van der Waals surface area contributed by atoms with Crippen LogP contribution in [0.2, 0.25) is 0 Å². The molecule has 0 aromatic heterocycles. The SMILES string of the molecule is CNS(=O)(=O)c1ccc(C)c(NC(=O)c2ccc3c(c2)CCN3S(=O)(=O)c2ccc(C)cc2)c1. The van der Waals surface area contributed by atoms with Gasteiger partial charge in [0.25, 0.3) is 15.9 Å². The van der Waals surface area contributed by atoms with Crippen LogP contribution in [0.1, 0.15) is 27.0 Å². The van der Waals surface area contributed by atoms with Gasteiger partial charge in [0.05, 0.1) is 15.5 Å². The maximum Gasteiger partial charge on any atom is 0.264 e. The van der Waals surface area contributed by atoms with Gasteiger partial charge < -0.3 is 5.32 Å². The topological polar surface area (TPSA) is 113 Å². The van der Waals surface area contributed by atoms with E-state index >= 15 is 0 Å². The lowest BCUT2D eigenvalue weighted by Gasteiger charge is -2.20. The monoisotopic (exact) mass is 499 g/mol. The number of hydrogen-bond acceptors (Lipinski definition) is 5. The third-order valence-electron chi connectivity index (χ3n) is 5.84. The van der Waals surface area contributed by atoms with E-state index in [1.807, 2.05) is 6.92 Å². The van der Waals surface area contributed by atoms with Gasteiger partial charge in [-0.25, -0.2) is 21.6 Å². The average molecular weight is 500 g/mol. The van der Waals surface area contributed by atoms with Crippen LogP contribution in [0.25, 0.3) is 0 Å². The summed E-state index contributed by atoms with van der Waals surface area (Å²) in [6.07, 6.45) is 0.483. The van der Waals surface area contributed by atoms with E-state index in [2.05, 4.69) is 10.0 Å². The number of aryl methyl sites for hydroxylation is 2. The van der Waals surface area contributed by atoms with Gasteiger partial charge in [0.15, 0.2) is 0 Å². The van der Waals surface area contributed by atoms with E-state index in [0.29, 0.717) is 35.5 Å².